The van der Waals surface area contributed by atoms with Crippen LogP contribution in [0.5, 0.6) is 17.2 Å². The number of carbonyl (C=O) groups excluding carboxylic acids is 3. The van der Waals surface area contributed by atoms with Crippen molar-refractivity contribution >= 4 is 81.1 Å². The first kappa shape index (κ1) is 29.0. The molecule has 10 nitrogen and oxygen atoms in total. The van der Waals surface area contributed by atoms with E-state index >= 15 is 0 Å². The number of hydrazone groups is 1. The predicted molar refractivity (Wildman–Crippen MR) is 154 cm³/mol. The van der Waals surface area contributed by atoms with Gasteiger partial charge in [0.2, 0.25) is 0 Å². The van der Waals surface area contributed by atoms with Crippen molar-refractivity contribution in [2.45, 2.75) is 0 Å². The van der Waals surface area contributed by atoms with Crippen molar-refractivity contribution in [3.63, 3.8) is 0 Å². The smallest absolute Gasteiger partial charge is 0.329 e. The van der Waals surface area contributed by atoms with Gasteiger partial charge in [0.15, 0.2) is 18.1 Å². The number of carbonyl (C=O) groups is 3. The van der Waals surface area contributed by atoms with Crippen LogP contribution in [0.1, 0.15) is 5.56 Å². The Balaban J connectivity index is 1.58. The molecule has 0 unspecified atom stereocenters. The molecule has 0 spiro atoms. The van der Waals surface area contributed by atoms with Crippen LogP contribution in [0, 0.1) is 3.57 Å². The second kappa shape index (κ2) is 13.8. The minimum atomic E-state index is -0.960. The first-order chi connectivity index (χ1) is 18.2. The quantitative estimate of drug-likeness (QED) is 0.131. The van der Waals surface area contributed by atoms with Gasteiger partial charge in [-0.05, 0) is 70.6 Å². The molecular formula is C25H21Cl2IN4O6. The van der Waals surface area contributed by atoms with E-state index < -0.39 is 17.7 Å². The summed E-state index contributed by atoms with van der Waals surface area (Å²) in [6.07, 6.45) is 1.33. The number of ether oxygens (including phenoxy) is 3. The Morgan fingerprint density at radius 3 is 2.34 bits per heavy atom. The second-order valence-electron chi connectivity index (χ2n) is 7.41. The van der Waals surface area contributed by atoms with Gasteiger partial charge in [-0.1, -0.05) is 29.3 Å². The van der Waals surface area contributed by atoms with Gasteiger partial charge in [-0.15, -0.1) is 0 Å². The van der Waals surface area contributed by atoms with Gasteiger partial charge < -0.3 is 24.8 Å². The molecule has 0 atom stereocenters. The molecule has 0 bridgehead atoms. The van der Waals surface area contributed by atoms with Gasteiger partial charge in [0.05, 0.1) is 24.0 Å². The van der Waals surface area contributed by atoms with Crippen LogP contribution in [0.15, 0.2) is 59.7 Å². The Morgan fingerprint density at radius 2 is 1.66 bits per heavy atom. The van der Waals surface area contributed by atoms with Crippen LogP contribution in [0.2, 0.25) is 10.0 Å². The van der Waals surface area contributed by atoms with E-state index in [1.807, 2.05) is 22.6 Å². The monoisotopic (exact) mass is 670 g/mol. The largest absolute Gasteiger partial charge is 0.497 e. The number of halogens is 3. The summed E-state index contributed by atoms with van der Waals surface area (Å²) in [5.41, 5.74) is 3.54. The summed E-state index contributed by atoms with van der Waals surface area (Å²) in [6, 6.07) is 14.5. The summed E-state index contributed by atoms with van der Waals surface area (Å²) in [5, 5.41) is 9.70. The van der Waals surface area contributed by atoms with E-state index in [9.17, 15) is 14.4 Å². The molecule has 0 fully saturated rings. The molecule has 13 heteroatoms. The van der Waals surface area contributed by atoms with Crippen LogP contribution in [0.25, 0.3) is 0 Å². The molecule has 0 heterocycles. The number of benzene rings is 3. The minimum Gasteiger partial charge on any atom is -0.497 e. The molecular weight excluding hydrogens is 650 g/mol. The second-order valence-corrected chi connectivity index (χ2v) is 9.45. The molecule has 198 valence electrons. The minimum absolute atomic E-state index is 0.303. The fourth-order valence-corrected chi connectivity index (χ4v) is 4.33. The van der Waals surface area contributed by atoms with E-state index in [1.54, 1.807) is 54.6 Å². The number of amides is 3. The van der Waals surface area contributed by atoms with Gasteiger partial charge in [-0.3, -0.25) is 14.4 Å². The molecule has 0 aromatic heterocycles. The average Bonchev–Trinajstić information content (AvgIpc) is 2.87. The third-order valence-corrected chi connectivity index (χ3v) is 5.90. The van der Waals surface area contributed by atoms with Crippen LogP contribution >= 0.6 is 45.8 Å². The molecule has 3 rings (SSSR count). The maximum Gasteiger partial charge on any atom is 0.329 e. The Morgan fingerprint density at radius 1 is 0.921 bits per heavy atom. The van der Waals surface area contributed by atoms with Gasteiger partial charge in [0, 0.05) is 27.5 Å². The summed E-state index contributed by atoms with van der Waals surface area (Å²) < 4.78 is 16.7. The van der Waals surface area contributed by atoms with Crippen molar-refractivity contribution in [2.24, 2.45) is 5.10 Å². The molecule has 0 aliphatic carbocycles. The van der Waals surface area contributed by atoms with Crippen molar-refractivity contribution in [2.75, 3.05) is 31.5 Å². The van der Waals surface area contributed by atoms with Gasteiger partial charge in [0.1, 0.15) is 5.75 Å². The highest BCUT2D eigenvalue weighted by atomic mass is 127. The van der Waals surface area contributed by atoms with Crippen LogP contribution in [-0.4, -0.2) is 44.8 Å². The fraction of sp³-hybridized carbons (Fsp3) is 0.120. The lowest BCUT2D eigenvalue weighted by atomic mass is 10.2. The lowest BCUT2D eigenvalue weighted by Gasteiger charge is -2.13. The van der Waals surface area contributed by atoms with Crippen molar-refractivity contribution in [3.8, 4) is 17.2 Å². The van der Waals surface area contributed by atoms with Gasteiger partial charge >= 0.3 is 11.8 Å². The maximum absolute atomic E-state index is 12.3. The molecule has 3 amide bonds. The van der Waals surface area contributed by atoms with Crippen molar-refractivity contribution < 1.29 is 28.6 Å². The molecule has 3 aromatic rings. The Bertz CT molecular complexity index is 1370. The Kier molecular flexibility index (Phi) is 10.6. The molecule has 0 aliphatic heterocycles. The average molecular weight is 671 g/mol. The number of methoxy groups -OCH3 is 2. The van der Waals surface area contributed by atoms with E-state index in [1.165, 1.54) is 20.4 Å². The fourth-order valence-electron chi connectivity index (χ4n) is 3.02. The van der Waals surface area contributed by atoms with Crippen LogP contribution in [0.3, 0.4) is 0 Å². The molecule has 0 aliphatic rings. The zero-order valence-corrected chi connectivity index (χ0v) is 23.7. The zero-order valence-electron chi connectivity index (χ0n) is 20.0. The lowest BCUT2D eigenvalue weighted by Crippen LogP contribution is -2.32. The SMILES string of the molecule is COc1cccc(NC(=O)C(=O)N/N=C\c2cc(I)c(OCC(=O)Nc3cc(Cl)cc(Cl)c3)c(OC)c2)c1. The van der Waals surface area contributed by atoms with Crippen LogP contribution in [-0.2, 0) is 14.4 Å². The van der Waals surface area contributed by atoms with E-state index in [2.05, 4.69) is 21.2 Å². The molecule has 38 heavy (non-hydrogen) atoms. The van der Waals surface area contributed by atoms with E-state index in [4.69, 9.17) is 37.4 Å². The first-order valence-electron chi connectivity index (χ1n) is 10.7. The number of hydrogen-bond acceptors (Lipinski definition) is 7. The Labute approximate surface area is 241 Å². The van der Waals surface area contributed by atoms with Gasteiger partial charge in [-0.2, -0.15) is 5.10 Å². The Hall–Kier alpha value is -3.55. The molecule has 0 saturated heterocycles. The number of anilines is 2. The van der Waals surface area contributed by atoms with Gasteiger partial charge in [0.25, 0.3) is 5.91 Å². The number of hydrogen-bond donors (Lipinski definition) is 3. The highest BCUT2D eigenvalue weighted by Crippen LogP contribution is 2.33. The van der Waals surface area contributed by atoms with Crippen molar-refractivity contribution in [3.05, 3.63) is 73.8 Å². The summed E-state index contributed by atoms with van der Waals surface area (Å²) >= 11 is 13.9. The van der Waals surface area contributed by atoms with Gasteiger partial charge in [-0.25, -0.2) is 5.43 Å². The summed E-state index contributed by atoms with van der Waals surface area (Å²) in [5.74, 6) is -1.08. The topological polar surface area (TPSA) is 127 Å². The number of rotatable bonds is 9. The van der Waals surface area contributed by atoms with Crippen LogP contribution in [0.4, 0.5) is 11.4 Å². The number of nitrogens with one attached hydrogen (secondary N) is 3. The molecule has 0 radical (unpaired) electrons. The molecule has 3 aromatic carbocycles. The normalized spacial score (nSPS) is 10.6. The van der Waals surface area contributed by atoms with E-state index in [0.29, 0.717) is 47.8 Å². The standard InChI is InChI=1S/C25H21Cl2IN4O6/c1-36-19-5-3-4-17(11-19)31-24(34)25(35)32-29-12-14-6-20(28)23(21(7-14)37-2)38-13-22(33)30-18-9-15(26)8-16(27)10-18/h3-12H,13H2,1-2H3,(H,30,33)(H,31,34)(H,32,35)/b29-12-. The zero-order chi connectivity index (χ0) is 27.7. The lowest BCUT2D eigenvalue weighted by molar-refractivity contribution is -0.136. The van der Waals surface area contributed by atoms with E-state index in [-0.39, 0.29) is 6.61 Å². The van der Waals surface area contributed by atoms with Crippen molar-refractivity contribution in [1.82, 2.24) is 5.43 Å². The highest BCUT2D eigenvalue weighted by molar-refractivity contribution is 14.1. The van der Waals surface area contributed by atoms with Crippen molar-refractivity contribution in [1.29, 1.82) is 0 Å². The predicted octanol–water partition coefficient (Wildman–Crippen LogP) is 4.72. The maximum atomic E-state index is 12.3. The molecule has 3 N–H and O–H groups in total. The number of nitrogens with zero attached hydrogens (tertiary/aromatic N) is 1. The summed E-state index contributed by atoms with van der Waals surface area (Å²) in [7, 11) is 2.94. The first-order valence-corrected chi connectivity index (χ1v) is 12.6. The highest BCUT2D eigenvalue weighted by Gasteiger charge is 2.15. The van der Waals surface area contributed by atoms with E-state index in [0.717, 1.165) is 0 Å². The summed E-state index contributed by atoms with van der Waals surface area (Å²) in [6.45, 7) is -0.303. The van der Waals surface area contributed by atoms with Crippen LogP contribution < -0.4 is 30.3 Å². The summed E-state index contributed by atoms with van der Waals surface area (Å²) in [4.78, 5) is 36.5. The third kappa shape index (κ3) is 8.50. The third-order valence-electron chi connectivity index (χ3n) is 4.66. The molecule has 0 saturated carbocycles.